The maximum absolute atomic E-state index is 6.76. The predicted octanol–water partition coefficient (Wildman–Crippen LogP) is 12.3. The van der Waals surface area contributed by atoms with Gasteiger partial charge in [-0.2, -0.15) is 0 Å². The van der Waals surface area contributed by atoms with Gasteiger partial charge in [-0.3, -0.25) is 0 Å². The summed E-state index contributed by atoms with van der Waals surface area (Å²) in [5.74, 6) is 0.710. The third-order valence-corrected chi connectivity index (χ3v) is 11.0. The van der Waals surface area contributed by atoms with Crippen LogP contribution >= 0.6 is 11.3 Å². The molecule has 0 unspecified atom stereocenters. The molecule has 0 spiro atoms. The summed E-state index contributed by atoms with van der Waals surface area (Å²) >= 11 is 1.85. The molecule has 0 fully saturated rings. The zero-order chi connectivity index (χ0) is 32.1. The van der Waals surface area contributed by atoms with E-state index in [2.05, 4.69) is 138 Å². The summed E-state index contributed by atoms with van der Waals surface area (Å²) in [4.78, 5) is 10.1. The molecule has 0 amide bonds. The minimum atomic E-state index is 0.710. The van der Waals surface area contributed by atoms with E-state index in [0.29, 0.717) is 5.82 Å². The number of benzene rings is 7. The van der Waals surface area contributed by atoms with Crippen molar-refractivity contribution in [3.8, 4) is 28.3 Å². The number of rotatable bonds is 3. The van der Waals surface area contributed by atoms with Crippen LogP contribution in [0, 0.1) is 0 Å². The van der Waals surface area contributed by atoms with Crippen LogP contribution in [-0.4, -0.2) is 14.5 Å². The molecular formula is C44H25N3OS. The van der Waals surface area contributed by atoms with Crippen LogP contribution in [0.2, 0.25) is 0 Å². The Hall–Kier alpha value is -6.30. The number of hydrogen-bond acceptors (Lipinski definition) is 4. The lowest BCUT2D eigenvalue weighted by Crippen LogP contribution is -1.97. The van der Waals surface area contributed by atoms with Crippen molar-refractivity contribution >= 4 is 86.2 Å². The zero-order valence-electron chi connectivity index (χ0n) is 26.1. The highest BCUT2D eigenvalue weighted by Crippen LogP contribution is 2.50. The molecule has 11 aromatic rings. The lowest BCUT2D eigenvalue weighted by Gasteiger charge is -2.12. The topological polar surface area (TPSA) is 43.9 Å². The molecule has 0 aliphatic carbocycles. The van der Waals surface area contributed by atoms with Gasteiger partial charge < -0.3 is 8.98 Å². The van der Waals surface area contributed by atoms with Crippen molar-refractivity contribution in [3.05, 3.63) is 152 Å². The third-order valence-electron chi connectivity index (χ3n) is 9.79. The summed E-state index contributed by atoms with van der Waals surface area (Å²) in [6.45, 7) is 0. The number of thiophene rings is 1. The molecule has 228 valence electrons. The number of para-hydroxylation sites is 3. The smallest absolute Gasteiger partial charge is 0.160 e. The van der Waals surface area contributed by atoms with Gasteiger partial charge in [0, 0.05) is 58.5 Å². The second-order valence-corrected chi connectivity index (χ2v) is 13.6. The van der Waals surface area contributed by atoms with E-state index in [0.717, 1.165) is 60.9 Å². The minimum absolute atomic E-state index is 0.710. The van der Waals surface area contributed by atoms with Crippen LogP contribution in [0.25, 0.3) is 103 Å². The van der Waals surface area contributed by atoms with Gasteiger partial charge in [0.05, 0.1) is 27.6 Å². The summed E-state index contributed by atoms with van der Waals surface area (Å²) in [5, 5.41) is 8.24. The normalized spacial score (nSPS) is 12.1. The van der Waals surface area contributed by atoms with E-state index < -0.39 is 0 Å². The highest BCUT2D eigenvalue weighted by Gasteiger charge is 2.25. The Labute approximate surface area is 284 Å². The van der Waals surface area contributed by atoms with Gasteiger partial charge in [-0.25, -0.2) is 9.97 Å². The van der Waals surface area contributed by atoms with Crippen LogP contribution in [0.3, 0.4) is 0 Å². The molecule has 11 rings (SSSR count). The van der Waals surface area contributed by atoms with E-state index in [9.17, 15) is 0 Å². The molecule has 0 aliphatic heterocycles. The van der Waals surface area contributed by atoms with Gasteiger partial charge in [0.1, 0.15) is 11.2 Å². The van der Waals surface area contributed by atoms with Crippen molar-refractivity contribution in [2.45, 2.75) is 0 Å². The lowest BCUT2D eigenvalue weighted by atomic mass is 10.0. The molecule has 0 saturated carbocycles. The first-order valence-electron chi connectivity index (χ1n) is 16.4. The Morgan fingerprint density at radius 2 is 1.20 bits per heavy atom. The summed E-state index contributed by atoms with van der Waals surface area (Å²) in [6.07, 6.45) is 0. The minimum Gasteiger partial charge on any atom is -0.455 e. The van der Waals surface area contributed by atoms with Crippen LogP contribution in [0.1, 0.15) is 0 Å². The van der Waals surface area contributed by atoms with Crippen LogP contribution in [-0.2, 0) is 0 Å². The summed E-state index contributed by atoms with van der Waals surface area (Å²) in [5.41, 5.74) is 9.17. The summed E-state index contributed by atoms with van der Waals surface area (Å²) in [7, 11) is 0. The molecule has 0 bridgehead atoms. The van der Waals surface area contributed by atoms with Gasteiger partial charge >= 0.3 is 0 Å². The first-order valence-corrected chi connectivity index (χ1v) is 17.2. The van der Waals surface area contributed by atoms with E-state index in [1.807, 2.05) is 29.5 Å². The van der Waals surface area contributed by atoms with E-state index >= 15 is 0 Å². The first-order chi connectivity index (χ1) is 24.3. The largest absolute Gasteiger partial charge is 0.455 e. The highest BCUT2D eigenvalue weighted by atomic mass is 32.1. The molecule has 5 heteroatoms. The number of fused-ring (bicyclic) bond motifs is 13. The molecule has 0 N–H and O–H groups in total. The Kier molecular flexibility index (Phi) is 5.51. The van der Waals surface area contributed by atoms with Gasteiger partial charge in [-0.1, -0.05) is 103 Å². The SMILES string of the molecule is c1ccc(-c2nc(-c3ccc(-n4c5ccccc5c5c6sc7ccccc7c6c6oc7ccccc7c6c54)cc3)nc3ccccc23)cc1. The average molecular weight is 644 g/mol. The van der Waals surface area contributed by atoms with Crippen molar-refractivity contribution in [2.75, 3.05) is 0 Å². The van der Waals surface area contributed by atoms with Gasteiger partial charge in [0.15, 0.2) is 5.82 Å². The Bertz CT molecular complexity index is 3070. The molecule has 0 atom stereocenters. The Balaban J connectivity index is 1.20. The van der Waals surface area contributed by atoms with Crippen molar-refractivity contribution < 1.29 is 4.42 Å². The van der Waals surface area contributed by atoms with E-state index in [4.69, 9.17) is 14.4 Å². The molecule has 4 aromatic heterocycles. The fourth-order valence-electron chi connectivity index (χ4n) is 7.66. The van der Waals surface area contributed by atoms with E-state index in [1.165, 1.54) is 36.5 Å². The quantitative estimate of drug-likeness (QED) is 0.192. The van der Waals surface area contributed by atoms with Crippen LogP contribution in [0.5, 0.6) is 0 Å². The molecule has 0 radical (unpaired) electrons. The molecule has 49 heavy (non-hydrogen) atoms. The second kappa shape index (κ2) is 10.1. The molecule has 0 aliphatic rings. The zero-order valence-corrected chi connectivity index (χ0v) is 26.9. The number of nitrogens with zero attached hydrogens (tertiary/aromatic N) is 3. The Morgan fingerprint density at radius 1 is 0.510 bits per heavy atom. The molecule has 4 heterocycles. The lowest BCUT2D eigenvalue weighted by molar-refractivity contribution is 0.673. The van der Waals surface area contributed by atoms with Crippen molar-refractivity contribution in [3.63, 3.8) is 0 Å². The van der Waals surface area contributed by atoms with E-state index in [1.54, 1.807) is 0 Å². The molecular weight excluding hydrogens is 619 g/mol. The Morgan fingerprint density at radius 3 is 2.06 bits per heavy atom. The van der Waals surface area contributed by atoms with Gasteiger partial charge in [0.25, 0.3) is 0 Å². The van der Waals surface area contributed by atoms with Crippen molar-refractivity contribution in [2.24, 2.45) is 0 Å². The molecule has 4 nitrogen and oxygen atoms in total. The fraction of sp³-hybridized carbons (Fsp3) is 0. The number of furan rings is 1. The monoisotopic (exact) mass is 643 g/mol. The first kappa shape index (κ1) is 26.7. The molecule has 7 aromatic carbocycles. The average Bonchev–Trinajstić information content (AvgIpc) is 3.84. The molecule has 0 saturated heterocycles. The van der Waals surface area contributed by atoms with Crippen molar-refractivity contribution in [1.82, 2.24) is 14.5 Å². The summed E-state index contributed by atoms with van der Waals surface area (Å²) in [6, 6.07) is 53.2. The summed E-state index contributed by atoms with van der Waals surface area (Å²) < 4.78 is 11.7. The highest BCUT2D eigenvalue weighted by molar-refractivity contribution is 7.27. The maximum atomic E-state index is 6.76. The van der Waals surface area contributed by atoms with E-state index in [-0.39, 0.29) is 0 Å². The van der Waals surface area contributed by atoms with Crippen LogP contribution in [0.4, 0.5) is 0 Å². The standard InChI is InChI=1S/C44H25N3OS/c1-2-12-26(13-3-1)40-29-14-4-8-18-33(29)45-44(46-40)27-22-24-28(25-23-27)47-34-19-9-5-15-30(34)38-41(47)37-31-16-6-10-20-35(31)48-42(37)39-32-17-7-11-21-36(32)49-43(38)39/h1-25H. The van der Waals surface area contributed by atoms with Gasteiger partial charge in [-0.05, 0) is 48.5 Å². The van der Waals surface area contributed by atoms with Crippen molar-refractivity contribution in [1.29, 1.82) is 0 Å². The maximum Gasteiger partial charge on any atom is 0.160 e. The van der Waals surface area contributed by atoms with Crippen LogP contribution < -0.4 is 0 Å². The fourth-order valence-corrected chi connectivity index (χ4v) is 8.92. The van der Waals surface area contributed by atoms with Gasteiger partial charge in [-0.15, -0.1) is 11.3 Å². The third kappa shape index (κ3) is 3.79. The second-order valence-electron chi connectivity index (χ2n) is 12.5. The number of aromatic nitrogens is 3. The predicted molar refractivity (Wildman–Crippen MR) is 205 cm³/mol. The van der Waals surface area contributed by atoms with Crippen LogP contribution in [0.15, 0.2) is 156 Å². The number of hydrogen-bond donors (Lipinski definition) is 0. The van der Waals surface area contributed by atoms with Gasteiger partial charge in [0.2, 0.25) is 0 Å².